The summed E-state index contributed by atoms with van der Waals surface area (Å²) in [6.07, 6.45) is 1.78. The molecule has 136 valence electrons. The highest BCUT2D eigenvalue weighted by Gasteiger charge is 2.09. The van der Waals surface area contributed by atoms with Gasteiger partial charge in [-0.15, -0.1) is 22.7 Å². The summed E-state index contributed by atoms with van der Waals surface area (Å²) in [5.74, 6) is 0.429. The van der Waals surface area contributed by atoms with E-state index in [0.29, 0.717) is 27.0 Å². The van der Waals surface area contributed by atoms with Crippen LogP contribution in [0.5, 0.6) is 5.75 Å². The van der Waals surface area contributed by atoms with Crippen molar-refractivity contribution < 1.29 is 9.53 Å². The zero-order chi connectivity index (χ0) is 18.8. The van der Waals surface area contributed by atoms with Gasteiger partial charge in [0.2, 0.25) is 0 Å². The first-order chi connectivity index (χ1) is 13.1. The smallest absolute Gasteiger partial charge is 0.265 e. The minimum Gasteiger partial charge on any atom is -0.487 e. The van der Waals surface area contributed by atoms with Crippen LogP contribution in [0.2, 0.25) is 0 Å². The van der Waals surface area contributed by atoms with Gasteiger partial charge in [0.15, 0.2) is 4.96 Å². The number of amides is 1. The minimum absolute atomic E-state index is 0.125. The molecule has 0 spiro atoms. The second kappa shape index (κ2) is 7.34. The number of thiazole rings is 1. The Morgan fingerprint density at radius 2 is 2.15 bits per heavy atom. The van der Waals surface area contributed by atoms with E-state index in [4.69, 9.17) is 4.74 Å². The van der Waals surface area contributed by atoms with Crippen LogP contribution in [0.15, 0.2) is 58.8 Å². The van der Waals surface area contributed by atoms with Crippen molar-refractivity contribution in [3.8, 4) is 5.75 Å². The van der Waals surface area contributed by atoms with Crippen LogP contribution in [-0.4, -0.2) is 15.3 Å². The molecule has 0 fully saturated rings. The summed E-state index contributed by atoms with van der Waals surface area (Å²) in [7, 11) is 0. The Morgan fingerprint density at radius 3 is 2.96 bits per heavy atom. The number of nitrogens with one attached hydrogen (secondary N) is 1. The normalized spacial score (nSPS) is 10.9. The number of anilines is 1. The number of benzene rings is 1. The molecule has 0 radical (unpaired) electrons. The van der Waals surface area contributed by atoms with E-state index >= 15 is 0 Å². The molecule has 0 unspecified atom stereocenters. The summed E-state index contributed by atoms with van der Waals surface area (Å²) < 4.78 is 7.29. The lowest BCUT2D eigenvalue weighted by Gasteiger charge is -2.08. The third-order valence-electron chi connectivity index (χ3n) is 3.76. The van der Waals surface area contributed by atoms with Gasteiger partial charge < -0.3 is 10.1 Å². The summed E-state index contributed by atoms with van der Waals surface area (Å²) in [5.41, 5.74) is 1.08. The van der Waals surface area contributed by atoms with Crippen LogP contribution in [0.1, 0.15) is 20.2 Å². The number of hydrogen-bond donors (Lipinski definition) is 1. The first-order valence-electron chi connectivity index (χ1n) is 8.15. The van der Waals surface area contributed by atoms with Gasteiger partial charge in [0, 0.05) is 28.9 Å². The third kappa shape index (κ3) is 3.91. The Kier molecular flexibility index (Phi) is 4.74. The van der Waals surface area contributed by atoms with Gasteiger partial charge in [-0.05, 0) is 30.5 Å². The maximum absolute atomic E-state index is 12.1. The molecule has 0 atom stereocenters. The number of thiophene rings is 1. The van der Waals surface area contributed by atoms with Crippen LogP contribution < -0.4 is 15.6 Å². The quantitative estimate of drug-likeness (QED) is 0.553. The van der Waals surface area contributed by atoms with Crippen molar-refractivity contribution in [2.24, 2.45) is 0 Å². The summed E-state index contributed by atoms with van der Waals surface area (Å²) >= 11 is 2.84. The summed E-state index contributed by atoms with van der Waals surface area (Å²) in [6, 6.07) is 12.2. The van der Waals surface area contributed by atoms with Gasteiger partial charge in [-0.25, -0.2) is 4.98 Å². The molecular formula is C19H15N3O3S2. The molecule has 0 saturated heterocycles. The number of hydrogen-bond acceptors (Lipinski definition) is 6. The van der Waals surface area contributed by atoms with Gasteiger partial charge >= 0.3 is 0 Å². The third-order valence-corrected chi connectivity index (χ3v) is 5.53. The van der Waals surface area contributed by atoms with Gasteiger partial charge in [0.05, 0.1) is 10.6 Å². The molecule has 0 aliphatic rings. The number of fused-ring (bicyclic) bond motifs is 1. The molecule has 4 rings (SSSR count). The van der Waals surface area contributed by atoms with E-state index in [2.05, 4.69) is 10.3 Å². The molecule has 1 amide bonds. The second-order valence-corrected chi connectivity index (χ2v) is 7.99. The van der Waals surface area contributed by atoms with E-state index in [1.54, 1.807) is 36.5 Å². The van der Waals surface area contributed by atoms with Crippen molar-refractivity contribution in [1.82, 2.24) is 9.38 Å². The summed E-state index contributed by atoms with van der Waals surface area (Å²) in [5, 5.41) is 4.70. The zero-order valence-corrected chi connectivity index (χ0v) is 16.0. The van der Waals surface area contributed by atoms with Gasteiger partial charge in [0.25, 0.3) is 11.5 Å². The predicted octanol–water partition coefficient (Wildman–Crippen LogP) is 3.96. The molecule has 8 heteroatoms. The standard InChI is InChI=1S/C19H15N3O3S2/c1-12-10-22-17(23)9-14(21-19(22)27-12)11-25-15-5-2-4-13(8-15)20-18(24)16-6-3-7-26-16/h2-10H,11H2,1H3,(H,20,24). The first-order valence-corrected chi connectivity index (χ1v) is 9.84. The molecule has 1 N–H and O–H groups in total. The molecule has 27 heavy (non-hydrogen) atoms. The number of aromatic nitrogens is 2. The summed E-state index contributed by atoms with van der Waals surface area (Å²) in [4.78, 5) is 31.1. The highest BCUT2D eigenvalue weighted by Crippen LogP contribution is 2.20. The van der Waals surface area contributed by atoms with Crippen LogP contribution in [-0.2, 0) is 6.61 Å². The highest BCUT2D eigenvalue weighted by molar-refractivity contribution is 7.16. The van der Waals surface area contributed by atoms with Crippen LogP contribution >= 0.6 is 22.7 Å². The van der Waals surface area contributed by atoms with Crippen molar-refractivity contribution >= 4 is 39.2 Å². The predicted molar refractivity (Wildman–Crippen MR) is 107 cm³/mol. The van der Waals surface area contributed by atoms with Gasteiger partial charge in [-0.1, -0.05) is 12.1 Å². The Balaban J connectivity index is 1.47. The van der Waals surface area contributed by atoms with E-state index in [-0.39, 0.29) is 18.1 Å². The highest BCUT2D eigenvalue weighted by atomic mass is 32.1. The lowest BCUT2D eigenvalue weighted by molar-refractivity contribution is 0.103. The van der Waals surface area contributed by atoms with Crippen LogP contribution in [0.3, 0.4) is 0 Å². The molecule has 0 aliphatic carbocycles. The maximum atomic E-state index is 12.1. The van der Waals surface area contributed by atoms with E-state index in [9.17, 15) is 9.59 Å². The molecule has 0 aliphatic heterocycles. The zero-order valence-electron chi connectivity index (χ0n) is 14.3. The molecular weight excluding hydrogens is 382 g/mol. The number of ether oxygens (including phenoxy) is 1. The van der Waals surface area contributed by atoms with Crippen molar-refractivity contribution in [3.05, 3.63) is 79.8 Å². The Bertz CT molecular complexity index is 1160. The van der Waals surface area contributed by atoms with Crippen molar-refractivity contribution in [2.45, 2.75) is 13.5 Å². The SMILES string of the molecule is Cc1cn2c(=O)cc(COc3cccc(NC(=O)c4cccs4)c3)nc2s1. The lowest BCUT2D eigenvalue weighted by Crippen LogP contribution is -2.14. The molecule has 1 aromatic carbocycles. The molecule has 0 bridgehead atoms. The number of carbonyl (C=O) groups is 1. The van der Waals surface area contributed by atoms with Gasteiger partial charge in [-0.3, -0.25) is 14.0 Å². The van der Waals surface area contributed by atoms with E-state index < -0.39 is 0 Å². The fourth-order valence-electron chi connectivity index (χ4n) is 2.55. The van der Waals surface area contributed by atoms with Crippen LogP contribution in [0, 0.1) is 6.92 Å². The van der Waals surface area contributed by atoms with E-state index in [1.165, 1.54) is 33.1 Å². The van der Waals surface area contributed by atoms with E-state index in [1.807, 2.05) is 18.4 Å². The van der Waals surface area contributed by atoms with Crippen molar-refractivity contribution in [3.63, 3.8) is 0 Å². The second-order valence-electron chi connectivity index (χ2n) is 5.83. The molecule has 3 heterocycles. The van der Waals surface area contributed by atoms with Crippen LogP contribution in [0.4, 0.5) is 5.69 Å². The number of carbonyl (C=O) groups excluding carboxylic acids is 1. The van der Waals surface area contributed by atoms with E-state index in [0.717, 1.165) is 4.88 Å². The maximum Gasteiger partial charge on any atom is 0.265 e. The molecule has 6 nitrogen and oxygen atoms in total. The lowest BCUT2D eigenvalue weighted by atomic mass is 10.3. The summed E-state index contributed by atoms with van der Waals surface area (Å²) in [6.45, 7) is 2.11. The average Bonchev–Trinajstić information content (AvgIpc) is 3.30. The Hall–Kier alpha value is -2.97. The fourth-order valence-corrected chi connectivity index (χ4v) is 4.02. The number of rotatable bonds is 5. The number of nitrogens with zero attached hydrogens (tertiary/aromatic N) is 2. The molecule has 0 saturated carbocycles. The largest absolute Gasteiger partial charge is 0.487 e. The van der Waals surface area contributed by atoms with Crippen molar-refractivity contribution in [1.29, 1.82) is 0 Å². The van der Waals surface area contributed by atoms with Gasteiger partial charge in [0.1, 0.15) is 12.4 Å². The average molecular weight is 397 g/mol. The first kappa shape index (κ1) is 17.4. The topological polar surface area (TPSA) is 72.7 Å². The minimum atomic E-state index is -0.157. The monoisotopic (exact) mass is 397 g/mol. The fraction of sp³-hybridized carbons (Fsp3) is 0.105. The van der Waals surface area contributed by atoms with Gasteiger partial charge in [-0.2, -0.15) is 0 Å². The number of aryl methyl sites for hydroxylation is 1. The van der Waals surface area contributed by atoms with Crippen LogP contribution in [0.25, 0.3) is 4.96 Å². The molecule has 4 aromatic rings. The van der Waals surface area contributed by atoms with Crippen molar-refractivity contribution in [2.75, 3.05) is 5.32 Å². The Labute approximate surface area is 162 Å². The molecule has 3 aromatic heterocycles. The Morgan fingerprint density at radius 1 is 1.26 bits per heavy atom.